The second kappa shape index (κ2) is 8.26. The van der Waals surface area contributed by atoms with Gasteiger partial charge in [-0.3, -0.25) is 5.32 Å². The number of urea groups is 1. The van der Waals surface area contributed by atoms with E-state index < -0.39 is 0 Å². The van der Waals surface area contributed by atoms with Crippen molar-refractivity contribution in [3.8, 4) is 5.75 Å². The summed E-state index contributed by atoms with van der Waals surface area (Å²) in [4.78, 5) is 16.3. The minimum absolute atomic E-state index is 0.156. The zero-order chi connectivity index (χ0) is 17.6. The number of hydrogen-bond donors (Lipinski definition) is 2. The smallest absolute Gasteiger partial charge is 0.321 e. The molecule has 2 aromatic rings. The van der Waals surface area contributed by atoms with Crippen LogP contribution in [-0.2, 0) is 24.2 Å². The maximum Gasteiger partial charge on any atom is 0.321 e. The molecule has 0 bridgehead atoms. The molecule has 0 unspecified atom stereocenters. The number of aryl methyl sites for hydroxylation is 1. The van der Waals surface area contributed by atoms with Crippen LogP contribution >= 0.6 is 11.3 Å². The van der Waals surface area contributed by atoms with Gasteiger partial charge >= 0.3 is 6.03 Å². The molecule has 1 aromatic heterocycles. The molecular formula is C17H20FN3O3S. The summed E-state index contributed by atoms with van der Waals surface area (Å²) in [6.07, 6.45) is 2.38. The number of carbonyl (C=O) groups is 1. The Kier molecular flexibility index (Phi) is 5.83. The summed E-state index contributed by atoms with van der Waals surface area (Å²) in [6, 6.07) is 2.52. The topological polar surface area (TPSA) is 72.5 Å². The van der Waals surface area contributed by atoms with E-state index in [1.54, 1.807) is 0 Å². The Hall–Kier alpha value is -2.19. The summed E-state index contributed by atoms with van der Waals surface area (Å²) in [5, 5.41) is 7.98. The minimum atomic E-state index is -0.335. The van der Waals surface area contributed by atoms with Crippen LogP contribution < -0.4 is 15.4 Å². The molecule has 3 rings (SSSR count). The molecule has 1 aliphatic heterocycles. The van der Waals surface area contributed by atoms with Crippen LogP contribution in [0.15, 0.2) is 17.5 Å². The van der Waals surface area contributed by atoms with Gasteiger partial charge in [0.15, 0.2) is 11.9 Å². The lowest BCUT2D eigenvalue weighted by Crippen LogP contribution is -2.30. The van der Waals surface area contributed by atoms with Crippen molar-refractivity contribution in [3.05, 3.63) is 40.2 Å². The molecule has 0 aliphatic carbocycles. The lowest BCUT2D eigenvalue weighted by Gasteiger charge is -2.20. The van der Waals surface area contributed by atoms with E-state index >= 15 is 0 Å². The third-order valence-electron chi connectivity index (χ3n) is 3.71. The molecule has 2 N–H and O–H groups in total. The second-order valence-electron chi connectivity index (χ2n) is 5.69. The maximum atomic E-state index is 13.7. The fourth-order valence-electron chi connectivity index (χ4n) is 2.63. The molecule has 0 saturated carbocycles. The molecule has 1 aromatic carbocycles. The van der Waals surface area contributed by atoms with Crippen molar-refractivity contribution < 1.29 is 18.7 Å². The summed E-state index contributed by atoms with van der Waals surface area (Å²) in [6.45, 7) is 2.93. The zero-order valence-corrected chi connectivity index (χ0v) is 14.7. The van der Waals surface area contributed by atoms with Gasteiger partial charge < -0.3 is 14.8 Å². The van der Waals surface area contributed by atoms with E-state index in [2.05, 4.69) is 22.5 Å². The van der Waals surface area contributed by atoms with Crippen LogP contribution in [0.4, 0.5) is 14.3 Å². The first-order chi connectivity index (χ1) is 12.2. The summed E-state index contributed by atoms with van der Waals surface area (Å²) in [5.74, 6) is 0.317. The predicted molar refractivity (Wildman–Crippen MR) is 93.5 cm³/mol. The molecule has 6 nitrogen and oxygen atoms in total. The number of fused-ring (bicyclic) bond motifs is 1. The van der Waals surface area contributed by atoms with Gasteiger partial charge in [0.2, 0.25) is 0 Å². The van der Waals surface area contributed by atoms with Gasteiger partial charge in [0.25, 0.3) is 0 Å². The van der Waals surface area contributed by atoms with Gasteiger partial charge in [-0.1, -0.05) is 13.3 Å². The molecule has 0 saturated heterocycles. The van der Waals surface area contributed by atoms with E-state index in [0.717, 1.165) is 24.1 Å². The number of hydrogen-bond acceptors (Lipinski definition) is 5. The highest BCUT2D eigenvalue weighted by Crippen LogP contribution is 2.29. The highest BCUT2D eigenvalue weighted by atomic mass is 32.1. The molecule has 134 valence electrons. The van der Waals surface area contributed by atoms with Crippen molar-refractivity contribution in [3.63, 3.8) is 0 Å². The van der Waals surface area contributed by atoms with Crippen molar-refractivity contribution >= 4 is 22.5 Å². The van der Waals surface area contributed by atoms with Crippen molar-refractivity contribution in [2.45, 2.75) is 32.8 Å². The van der Waals surface area contributed by atoms with E-state index in [1.165, 1.54) is 23.5 Å². The van der Waals surface area contributed by atoms with Crippen LogP contribution in [0.3, 0.4) is 0 Å². The van der Waals surface area contributed by atoms with Crippen molar-refractivity contribution in [2.24, 2.45) is 0 Å². The number of anilines is 1. The van der Waals surface area contributed by atoms with E-state index in [1.807, 2.05) is 5.38 Å². The lowest BCUT2D eigenvalue weighted by atomic mass is 10.1. The van der Waals surface area contributed by atoms with Gasteiger partial charge in [-0.25, -0.2) is 14.2 Å². The standard InChI is InChI=1S/C17H20FN3O3S/c1-2-3-14-9-25-17(20-14)21-16(22)19-5-4-11-6-13(18)7-12-8-23-10-24-15(11)12/h6-7,9H,2-5,8,10H2,1H3,(H2,19,20,21,22). The predicted octanol–water partition coefficient (Wildman–Crippen LogP) is 3.47. The summed E-state index contributed by atoms with van der Waals surface area (Å²) < 4.78 is 24.3. The molecule has 0 radical (unpaired) electrons. The minimum Gasteiger partial charge on any atom is -0.467 e. The molecule has 8 heteroatoms. The third-order valence-corrected chi connectivity index (χ3v) is 4.52. The second-order valence-corrected chi connectivity index (χ2v) is 6.55. The van der Waals surface area contributed by atoms with E-state index in [-0.39, 0.29) is 18.6 Å². The number of ether oxygens (including phenoxy) is 2. The molecule has 0 fully saturated rings. The number of nitrogens with one attached hydrogen (secondary N) is 2. The van der Waals surface area contributed by atoms with Crippen molar-refractivity contribution in [1.82, 2.24) is 10.3 Å². The fraction of sp³-hybridized carbons (Fsp3) is 0.412. The van der Waals surface area contributed by atoms with Crippen LogP contribution in [0, 0.1) is 5.82 Å². The van der Waals surface area contributed by atoms with Gasteiger partial charge in [0, 0.05) is 17.5 Å². The monoisotopic (exact) mass is 365 g/mol. The van der Waals surface area contributed by atoms with E-state index in [0.29, 0.717) is 36.0 Å². The van der Waals surface area contributed by atoms with E-state index in [4.69, 9.17) is 9.47 Å². The molecule has 0 spiro atoms. The first kappa shape index (κ1) is 17.6. The Morgan fingerprint density at radius 1 is 1.40 bits per heavy atom. The van der Waals surface area contributed by atoms with Crippen molar-refractivity contribution in [2.75, 3.05) is 18.7 Å². The first-order valence-corrected chi connectivity index (χ1v) is 9.04. The average Bonchev–Trinajstić information content (AvgIpc) is 3.02. The SMILES string of the molecule is CCCc1csc(NC(=O)NCCc2cc(F)cc3c2OCOC3)n1. The van der Waals surface area contributed by atoms with Gasteiger partial charge in [-0.05, 0) is 30.5 Å². The summed E-state index contributed by atoms with van der Waals surface area (Å²) >= 11 is 1.40. The Morgan fingerprint density at radius 3 is 3.12 bits per heavy atom. The molecular weight excluding hydrogens is 345 g/mol. The van der Waals surface area contributed by atoms with Gasteiger partial charge in [0.1, 0.15) is 11.6 Å². The molecule has 25 heavy (non-hydrogen) atoms. The zero-order valence-electron chi connectivity index (χ0n) is 13.9. The number of carbonyl (C=O) groups excluding carboxylic acids is 1. The Balaban J connectivity index is 1.52. The number of amides is 2. The van der Waals surface area contributed by atoms with Gasteiger partial charge in [-0.2, -0.15) is 0 Å². The lowest BCUT2D eigenvalue weighted by molar-refractivity contribution is -0.0172. The van der Waals surface area contributed by atoms with Crippen LogP contribution in [0.2, 0.25) is 0 Å². The Morgan fingerprint density at radius 2 is 2.28 bits per heavy atom. The molecule has 2 amide bonds. The number of benzene rings is 1. The normalized spacial score (nSPS) is 13.0. The van der Waals surface area contributed by atoms with Crippen LogP contribution in [0.5, 0.6) is 5.75 Å². The third kappa shape index (κ3) is 4.67. The maximum absolute atomic E-state index is 13.7. The van der Waals surface area contributed by atoms with Gasteiger partial charge in [-0.15, -0.1) is 11.3 Å². The number of aromatic nitrogens is 1. The first-order valence-electron chi connectivity index (χ1n) is 8.16. The Bertz CT molecular complexity index is 751. The largest absolute Gasteiger partial charge is 0.467 e. The molecule has 1 aliphatic rings. The molecule has 2 heterocycles. The van der Waals surface area contributed by atoms with Gasteiger partial charge in [0.05, 0.1) is 12.3 Å². The number of thiazole rings is 1. The number of nitrogens with zero attached hydrogens (tertiary/aromatic N) is 1. The number of halogens is 1. The van der Waals surface area contributed by atoms with Crippen LogP contribution in [0.1, 0.15) is 30.2 Å². The highest BCUT2D eigenvalue weighted by Gasteiger charge is 2.17. The summed E-state index contributed by atoms with van der Waals surface area (Å²) in [7, 11) is 0. The summed E-state index contributed by atoms with van der Waals surface area (Å²) in [5.41, 5.74) is 2.39. The Labute approximate surface area is 149 Å². The fourth-order valence-corrected chi connectivity index (χ4v) is 3.37. The number of rotatable bonds is 6. The van der Waals surface area contributed by atoms with Crippen LogP contribution in [-0.4, -0.2) is 24.4 Å². The molecule has 0 atom stereocenters. The quantitative estimate of drug-likeness (QED) is 0.822. The van der Waals surface area contributed by atoms with Crippen LogP contribution in [0.25, 0.3) is 0 Å². The average molecular weight is 365 g/mol. The van der Waals surface area contributed by atoms with E-state index in [9.17, 15) is 9.18 Å². The highest BCUT2D eigenvalue weighted by molar-refractivity contribution is 7.13. The van der Waals surface area contributed by atoms with Crippen molar-refractivity contribution in [1.29, 1.82) is 0 Å².